The topological polar surface area (TPSA) is 20.3 Å². The highest BCUT2D eigenvalue weighted by molar-refractivity contribution is 5.77. The zero-order chi connectivity index (χ0) is 10.8. The first-order chi connectivity index (χ1) is 7.18. The summed E-state index contributed by atoms with van der Waals surface area (Å²) in [6.07, 6.45) is 7.04. The first-order valence-electron chi connectivity index (χ1n) is 6.48. The van der Waals surface area contributed by atoms with Gasteiger partial charge in [-0.05, 0) is 31.1 Å². The summed E-state index contributed by atoms with van der Waals surface area (Å²) in [5, 5.41) is 0. The molecule has 0 aromatic rings. The highest BCUT2D eigenvalue weighted by Crippen LogP contribution is 2.31. The van der Waals surface area contributed by atoms with E-state index in [0.717, 1.165) is 31.2 Å². The minimum Gasteiger partial charge on any atom is -0.339 e. The van der Waals surface area contributed by atoms with Crippen LogP contribution >= 0.6 is 0 Å². The van der Waals surface area contributed by atoms with E-state index in [1.54, 1.807) is 0 Å². The third-order valence-electron chi connectivity index (χ3n) is 4.19. The predicted octanol–water partition coefficient (Wildman–Crippen LogP) is 2.82. The Labute approximate surface area is 93.0 Å². The van der Waals surface area contributed by atoms with Crippen molar-refractivity contribution in [2.45, 2.75) is 58.4 Å². The van der Waals surface area contributed by atoms with Gasteiger partial charge in [0.05, 0.1) is 0 Å². The van der Waals surface area contributed by atoms with E-state index in [9.17, 15) is 4.79 Å². The van der Waals surface area contributed by atoms with Gasteiger partial charge in [0.1, 0.15) is 0 Å². The van der Waals surface area contributed by atoms with Crippen molar-refractivity contribution in [1.82, 2.24) is 4.90 Å². The van der Waals surface area contributed by atoms with E-state index in [0.29, 0.717) is 11.9 Å². The van der Waals surface area contributed by atoms with Gasteiger partial charge in [0.15, 0.2) is 0 Å². The summed E-state index contributed by atoms with van der Waals surface area (Å²) >= 11 is 0. The fourth-order valence-electron chi connectivity index (χ4n) is 3.01. The fraction of sp³-hybridized carbons (Fsp3) is 0.923. The Bertz CT molecular complexity index is 231. The number of amides is 1. The third kappa shape index (κ3) is 2.35. The van der Waals surface area contributed by atoms with Gasteiger partial charge in [0.25, 0.3) is 0 Å². The maximum atomic E-state index is 11.9. The Morgan fingerprint density at radius 1 is 1.20 bits per heavy atom. The summed E-state index contributed by atoms with van der Waals surface area (Å²) in [5.41, 5.74) is 0. The van der Waals surface area contributed by atoms with Crippen molar-refractivity contribution in [3.63, 3.8) is 0 Å². The molecule has 15 heavy (non-hydrogen) atoms. The van der Waals surface area contributed by atoms with Crippen LogP contribution in [0.25, 0.3) is 0 Å². The van der Waals surface area contributed by atoms with Crippen molar-refractivity contribution in [2.24, 2.45) is 11.8 Å². The lowest BCUT2D eigenvalue weighted by atomic mass is 9.87. The second kappa shape index (κ2) is 4.54. The van der Waals surface area contributed by atoms with E-state index < -0.39 is 0 Å². The zero-order valence-corrected chi connectivity index (χ0v) is 10.0. The van der Waals surface area contributed by atoms with Gasteiger partial charge in [-0.25, -0.2) is 0 Å². The van der Waals surface area contributed by atoms with Crippen LogP contribution in [0.1, 0.15) is 52.4 Å². The molecule has 0 N–H and O–H groups in total. The Balaban J connectivity index is 1.98. The van der Waals surface area contributed by atoms with E-state index in [4.69, 9.17) is 0 Å². The second-order valence-electron chi connectivity index (χ2n) is 5.53. The van der Waals surface area contributed by atoms with Crippen molar-refractivity contribution in [3.8, 4) is 0 Å². The van der Waals surface area contributed by atoms with Crippen LogP contribution in [0, 0.1) is 11.8 Å². The summed E-state index contributed by atoms with van der Waals surface area (Å²) in [6.45, 7) is 5.60. The maximum absolute atomic E-state index is 11.9. The quantitative estimate of drug-likeness (QED) is 0.685. The lowest BCUT2D eigenvalue weighted by molar-refractivity contribution is -0.137. The molecule has 1 saturated heterocycles. The summed E-state index contributed by atoms with van der Waals surface area (Å²) in [5.74, 6) is 1.88. The van der Waals surface area contributed by atoms with Gasteiger partial charge in [-0.3, -0.25) is 4.79 Å². The van der Waals surface area contributed by atoms with Crippen molar-refractivity contribution < 1.29 is 4.79 Å². The van der Waals surface area contributed by atoms with Crippen molar-refractivity contribution >= 4 is 5.91 Å². The molecule has 1 aliphatic heterocycles. The number of hydrogen-bond acceptors (Lipinski definition) is 1. The van der Waals surface area contributed by atoms with Crippen LogP contribution in [0.5, 0.6) is 0 Å². The van der Waals surface area contributed by atoms with Crippen molar-refractivity contribution in [2.75, 3.05) is 6.54 Å². The molecule has 2 nitrogen and oxygen atoms in total. The summed E-state index contributed by atoms with van der Waals surface area (Å²) in [7, 11) is 0. The first-order valence-corrected chi connectivity index (χ1v) is 6.48. The maximum Gasteiger partial charge on any atom is 0.222 e. The van der Waals surface area contributed by atoms with Gasteiger partial charge in [-0.2, -0.15) is 0 Å². The predicted molar refractivity (Wildman–Crippen MR) is 61.5 cm³/mol. The number of piperidine rings is 1. The molecule has 1 amide bonds. The minimum atomic E-state index is 0.416. The average Bonchev–Trinajstić information content (AvgIpc) is 2.71. The standard InChI is InChI=1S/C13H23NO/c1-10(2)11-7-8-13(15)14(9-11)12-5-3-4-6-12/h10-12H,3-9H2,1-2H3. The zero-order valence-electron chi connectivity index (χ0n) is 10.0. The van der Waals surface area contributed by atoms with E-state index in [2.05, 4.69) is 18.7 Å². The van der Waals surface area contributed by atoms with Gasteiger partial charge < -0.3 is 4.90 Å². The molecular formula is C13H23NO. The van der Waals surface area contributed by atoms with Gasteiger partial charge >= 0.3 is 0 Å². The molecule has 0 spiro atoms. The highest BCUT2D eigenvalue weighted by Gasteiger charge is 2.33. The van der Waals surface area contributed by atoms with E-state index in [1.807, 2.05) is 0 Å². The van der Waals surface area contributed by atoms with Crippen LogP contribution in [0.4, 0.5) is 0 Å². The number of likely N-dealkylation sites (tertiary alicyclic amines) is 1. The molecule has 2 rings (SSSR count). The lowest BCUT2D eigenvalue weighted by Gasteiger charge is -2.38. The molecule has 86 valence electrons. The third-order valence-corrected chi connectivity index (χ3v) is 4.19. The average molecular weight is 209 g/mol. The van der Waals surface area contributed by atoms with Gasteiger partial charge in [0.2, 0.25) is 5.91 Å². The molecule has 0 bridgehead atoms. The molecule has 0 aromatic heterocycles. The fourth-order valence-corrected chi connectivity index (χ4v) is 3.01. The first kappa shape index (κ1) is 11.0. The van der Waals surface area contributed by atoms with Crippen LogP contribution in [0.2, 0.25) is 0 Å². The highest BCUT2D eigenvalue weighted by atomic mass is 16.2. The number of nitrogens with zero attached hydrogens (tertiary/aromatic N) is 1. The Hall–Kier alpha value is -0.530. The molecule has 1 atom stereocenters. The van der Waals surface area contributed by atoms with Crippen molar-refractivity contribution in [1.29, 1.82) is 0 Å². The number of carbonyl (C=O) groups is 1. The molecule has 1 saturated carbocycles. The second-order valence-corrected chi connectivity index (χ2v) is 5.53. The molecule has 1 heterocycles. The molecule has 1 unspecified atom stereocenters. The lowest BCUT2D eigenvalue weighted by Crippen LogP contribution is -2.46. The van der Waals surface area contributed by atoms with Crippen LogP contribution in [0.3, 0.4) is 0 Å². The van der Waals surface area contributed by atoms with Gasteiger partial charge in [-0.15, -0.1) is 0 Å². The Morgan fingerprint density at radius 3 is 2.47 bits per heavy atom. The normalized spacial score (nSPS) is 29.1. The Kier molecular flexibility index (Phi) is 3.32. The molecule has 2 aliphatic rings. The van der Waals surface area contributed by atoms with E-state index in [1.165, 1.54) is 25.7 Å². The molecular weight excluding hydrogens is 186 g/mol. The van der Waals surface area contributed by atoms with Crippen LogP contribution < -0.4 is 0 Å². The summed E-state index contributed by atoms with van der Waals surface area (Å²) < 4.78 is 0. The molecule has 0 aromatic carbocycles. The monoisotopic (exact) mass is 209 g/mol. The van der Waals surface area contributed by atoms with Crippen LogP contribution in [0.15, 0.2) is 0 Å². The summed E-state index contributed by atoms with van der Waals surface area (Å²) in [4.78, 5) is 14.1. The van der Waals surface area contributed by atoms with Gasteiger partial charge in [-0.1, -0.05) is 26.7 Å². The number of rotatable bonds is 2. The SMILES string of the molecule is CC(C)C1CCC(=O)N(C2CCCC2)C1. The van der Waals surface area contributed by atoms with Crippen LogP contribution in [-0.4, -0.2) is 23.4 Å². The Morgan fingerprint density at radius 2 is 1.87 bits per heavy atom. The molecule has 2 heteroatoms. The van der Waals surface area contributed by atoms with Crippen LogP contribution in [-0.2, 0) is 4.79 Å². The van der Waals surface area contributed by atoms with E-state index >= 15 is 0 Å². The largest absolute Gasteiger partial charge is 0.339 e. The molecule has 2 fully saturated rings. The van der Waals surface area contributed by atoms with E-state index in [-0.39, 0.29) is 0 Å². The van der Waals surface area contributed by atoms with Gasteiger partial charge in [0, 0.05) is 19.0 Å². The number of hydrogen-bond donors (Lipinski definition) is 0. The van der Waals surface area contributed by atoms with Crippen molar-refractivity contribution in [3.05, 3.63) is 0 Å². The summed E-state index contributed by atoms with van der Waals surface area (Å²) in [6, 6.07) is 0.582. The minimum absolute atomic E-state index is 0.416. The molecule has 0 radical (unpaired) electrons. The number of carbonyl (C=O) groups excluding carboxylic acids is 1. The molecule has 1 aliphatic carbocycles. The smallest absolute Gasteiger partial charge is 0.222 e.